The molecule has 0 unspecified atom stereocenters. The fourth-order valence-corrected chi connectivity index (χ4v) is 1.96. The molecule has 118 valence electrons. The van der Waals surface area contributed by atoms with Gasteiger partial charge in [0.05, 0.1) is 16.6 Å². The van der Waals surface area contributed by atoms with Crippen LogP contribution in [0.3, 0.4) is 0 Å². The van der Waals surface area contributed by atoms with Gasteiger partial charge in [-0.25, -0.2) is 23.5 Å². The smallest absolute Gasteiger partial charge is 0.338 e. The van der Waals surface area contributed by atoms with E-state index in [4.69, 9.17) is 4.74 Å². The van der Waals surface area contributed by atoms with Crippen LogP contribution in [0.1, 0.15) is 28.4 Å². The number of nitrogens with zero attached hydrogens (tertiary/aromatic N) is 2. The molecule has 0 radical (unpaired) electrons. The van der Waals surface area contributed by atoms with Crippen LogP contribution in [-0.2, 0) is 11.3 Å². The summed E-state index contributed by atoms with van der Waals surface area (Å²) in [6.45, 7) is -0.210. The van der Waals surface area contributed by atoms with Crippen LogP contribution >= 0.6 is 0 Å². The van der Waals surface area contributed by atoms with Gasteiger partial charge in [-0.3, -0.25) is 4.79 Å². The van der Waals surface area contributed by atoms with E-state index in [1.54, 1.807) is 0 Å². The zero-order chi connectivity index (χ0) is 16.4. The van der Waals surface area contributed by atoms with Crippen molar-refractivity contribution in [1.82, 2.24) is 19.9 Å². The van der Waals surface area contributed by atoms with Crippen molar-refractivity contribution in [3.05, 3.63) is 58.0 Å². The molecular formula is C14H10F2N4O3. The summed E-state index contributed by atoms with van der Waals surface area (Å²) in [4.78, 5) is 35.5. The van der Waals surface area contributed by atoms with Crippen LogP contribution in [0.25, 0.3) is 11.0 Å². The summed E-state index contributed by atoms with van der Waals surface area (Å²) in [7, 11) is 0. The lowest BCUT2D eigenvalue weighted by Crippen LogP contribution is -2.12. The predicted molar refractivity (Wildman–Crippen MR) is 75.0 cm³/mol. The Labute approximate surface area is 127 Å². The highest BCUT2D eigenvalue weighted by atomic mass is 19.3. The Morgan fingerprint density at radius 3 is 2.83 bits per heavy atom. The molecule has 2 aromatic heterocycles. The van der Waals surface area contributed by atoms with E-state index in [1.807, 2.05) is 0 Å². The molecule has 7 nitrogen and oxygen atoms in total. The topological polar surface area (TPSA) is 101 Å². The van der Waals surface area contributed by atoms with E-state index in [2.05, 4.69) is 19.9 Å². The van der Waals surface area contributed by atoms with Crippen LogP contribution in [0.15, 0.2) is 35.3 Å². The third-order valence-electron chi connectivity index (χ3n) is 3.01. The Hall–Kier alpha value is -3.10. The largest absolute Gasteiger partial charge is 0.454 e. The van der Waals surface area contributed by atoms with E-state index < -0.39 is 18.2 Å². The number of carbonyl (C=O) groups is 1. The Morgan fingerprint density at radius 2 is 2.09 bits per heavy atom. The molecule has 0 aliphatic carbocycles. The van der Waals surface area contributed by atoms with Gasteiger partial charge in [0.1, 0.15) is 12.4 Å². The predicted octanol–water partition coefficient (Wildman–Crippen LogP) is 1.94. The van der Waals surface area contributed by atoms with Crippen LogP contribution in [0, 0.1) is 0 Å². The number of aromatic amines is 2. The number of halogens is 2. The van der Waals surface area contributed by atoms with E-state index in [0.717, 1.165) is 0 Å². The van der Waals surface area contributed by atoms with Gasteiger partial charge in [0.15, 0.2) is 5.82 Å². The molecule has 3 aromatic rings. The second-order valence-electron chi connectivity index (χ2n) is 4.61. The average Bonchev–Trinajstić information content (AvgIpc) is 2.96. The molecule has 2 N–H and O–H groups in total. The van der Waals surface area contributed by atoms with E-state index in [9.17, 15) is 18.4 Å². The average molecular weight is 320 g/mol. The van der Waals surface area contributed by atoms with Gasteiger partial charge in [-0.1, -0.05) is 0 Å². The first-order valence-electron chi connectivity index (χ1n) is 6.52. The number of hydrogen-bond acceptors (Lipinski definition) is 5. The molecule has 0 aliphatic heterocycles. The molecule has 0 amide bonds. The van der Waals surface area contributed by atoms with Crippen molar-refractivity contribution in [3.8, 4) is 0 Å². The zero-order valence-corrected chi connectivity index (χ0v) is 11.5. The summed E-state index contributed by atoms with van der Waals surface area (Å²) in [6.07, 6.45) is -1.43. The zero-order valence-electron chi connectivity index (χ0n) is 11.5. The van der Waals surface area contributed by atoms with Crippen LogP contribution in [0.5, 0.6) is 0 Å². The highest BCUT2D eigenvalue weighted by Gasteiger charge is 2.15. The van der Waals surface area contributed by atoms with Crippen molar-refractivity contribution in [2.24, 2.45) is 0 Å². The van der Waals surface area contributed by atoms with Gasteiger partial charge >= 0.3 is 5.97 Å². The van der Waals surface area contributed by atoms with Gasteiger partial charge in [0, 0.05) is 12.3 Å². The third-order valence-corrected chi connectivity index (χ3v) is 3.01. The number of aromatic nitrogens is 4. The SMILES string of the molecule is O=C(OCc1nccc(=O)[nH]1)c1ccc2nc(C(F)F)[nH]c2c1. The van der Waals surface area contributed by atoms with E-state index in [0.29, 0.717) is 11.0 Å². The highest BCUT2D eigenvalue weighted by molar-refractivity contribution is 5.93. The summed E-state index contributed by atoms with van der Waals surface area (Å²) in [5.74, 6) is -0.934. The lowest BCUT2D eigenvalue weighted by molar-refractivity contribution is 0.0462. The van der Waals surface area contributed by atoms with Crippen LogP contribution in [0.2, 0.25) is 0 Å². The molecule has 0 bridgehead atoms. The number of imidazole rings is 1. The number of rotatable bonds is 4. The maximum atomic E-state index is 12.6. The number of carbonyl (C=O) groups excluding carboxylic acids is 1. The number of nitrogens with one attached hydrogen (secondary N) is 2. The first-order valence-corrected chi connectivity index (χ1v) is 6.52. The van der Waals surface area contributed by atoms with Gasteiger partial charge < -0.3 is 14.7 Å². The van der Waals surface area contributed by atoms with Crippen molar-refractivity contribution in [3.63, 3.8) is 0 Å². The Balaban J connectivity index is 1.76. The second-order valence-corrected chi connectivity index (χ2v) is 4.61. The summed E-state index contributed by atoms with van der Waals surface area (Å²) in [5, 5.41) is 0. The number of hydrogen-bond donors (Lipinski definition) is 2. The summed E-state index contributed by atoms with van der Waals surface area (Å²) in [6, 6.07) is 5.47. The minimum atomic E-state index is -2.72. The van der Waals surface area contributed by atoms with E-state index in [1.165, 1.54) is 30.5 Å². The van der Waals surface area contributed by atoms with Gasteiger partial charge in [0.25, 0.3) is 12.0 Å². The normalized spacial score (nSPS) is 11.1. The van der Waals surface area contributed by atoms with Gasteiger partial charge in [-0.05, 0) is 18.2 Å². The monoisotopic (exact) mass is 320 g/mol. The first-order chi connectivity index (χ1) is 11.0. The molecule has 0 spiro atoms. The lowest BCUT2D eigenvalue weighted by Gasteiger charge is -2.04. The van der Waals surface area contributed by atoms with Crippen molar-refractivity contribution < 1.29 is 18.3 Å². The molecule has 2 heterocycles. The maximum Gasteiger partial charge on any atom is 0.338 e. The second kappa shape index (κ2) is 5.95. The van der Waals surface area contributed by atoms with Crippen LogP contribution in [-0.4, -0.2) is 25.9 Å². The number of fused-ring (bicyclic) bond motifs is 1. The Kier molecular flexibility index (Phi) is 3.83. The van der Waals surface area contributed by atoms with Crippen molar-refractivity contribution in [2.75, 3.05) is 0 Å². The Morgan fingerprint density at radius 1 is 1.26 bits per heavy atom. The summed E-state index contributed by atoms with van der Waals surface area (Å²) < 4.78 is 30.2. The molecule has 1 aromatic carbocycles. The number of esters is 1. The lowest BCUT2D eigenvalue weighted by atomic mass is 10.2. The minimum absolute atomic E-state index is 0.167. The fraction of sp³-hybridized carbons (Fsp3) is 0.143. The van der Waals surface area contributed by atoms with Gasteiger partial charge in [-0.2, -0.15) is 0 Å². The number of benzene rings is 1. The van der Waals surface area contributed by atoms with E-state index >= 15 is 0 Å². The number of ether oxygens (including phenoxy) is 1. The molecular weight excluding hydrogens is 310 g/mol. The van der Waals surface area contributed by atoms with Crippen LogP contribution in [0.4, 0.5) is 8.78 Å². The van der Waals surface area contributed by atoms with E-state index in [-0.39, 0.29) is 23.6 Å². The minimum Gasteiger partial charge on any atom is -0.454 e. The van der Waals surface area contributed by atoms with Crippen LogP contribution < -0.4 is 5.56 Å². The first kappa shape index (κ1) is 14.8. The molecule has 9 heteroatoms. The fourth-order valence-electron chi connectivity index (χ4n) is 1.96. The molecule has 23 heavy (non-hydrogen) atoms. The highest BCUT2D eigenvalue weighted by Crippen LogP contribution is 2.21. The quantitative estimate of drug-likeness (QED) is 0.716. The van der Waals surface area contributed by atoms with Crippen molar-refractivity contribution >= 4 is 17.0 Å². The molecule has 0 aliphatic rings. The third kappa shape index (κ3) is 3.23. The molecule has 0 saturated heterocycles. The standard InChI is InChI=1S/C14H10F2N4O3/c15-12(16)13-18-8-2-1-7(5-9(8)19-13)14(22)23-6-10-17-4-3-11(21)20-10/h1-5,12H,6H2,(H,18,19)(H,17,20,21). The molecule has 0 saturated carbocycles. The summed E-state index contributed by atoms with van der Waals surface area (Å²) in [5.41, 5.74) is 0.441. The number of alkyl halides is 2. The molecule has 3 rings (SSSR count). The number of H-pyrrole nitrogens is 2. The molecule has 0 fully saturated rings. The maximum absolute atomic E-state index is 12.6. The summed E-state index contributed by atoms with van der Waals surface area (Å²) >= 11 is 0. The Bertz CT molecular complexity index is 920. The van der Waals surface area contributed by atoms with Crippen molar-refractivity contribution in [1.29, 1.82) is 0 Å². The van der Waals surface area contributed by atoms with Gasteiger partial charge in [0.2, 0.25) is 0 Å². The van der Waals surface area contributed by atoms with Crippen molar-refractivity contribution in [2.45, 2.75) is 13.0 Å². The van der Waals surface area contributed by atoms with Gasteiger partial charge in [-0.15, -0.1) is 0 Å². The molecule has 0 atom stereocenters.